The summed E-state index contributed by atoms with van der Waals surface area (Å²) >= 11 is 0. The molecule has 0 amide bonds. The zero-order chi connectivity index (χ0) is 18.2. The number of nitrogens with zero attached hydrogens (tertiary/aromatic N) is 6. The Morgan fingerprint density at radius 1 is 0.963 bits per heavy atom. The van der Waals surface area contributed by atoms with Crippen LogP contribution in [0.3, 0.4) is 0 Å². The standard InChI is InChI=1S/C21H20N6/c1-15-7-8-17-18(9-10-22-21(17)23-15)26-11-12-27-19(24-25-20(27)14-26)13-16-5-3-2-4-6-16/h2-10H,11-14H2,1H3. The van der Waals surface area contributed by atoms with E-state index < -0.39 is 0 Å². The lowest BCUT2D eigenvalue weighted by Crippen LogP contribution is -2.34. The third-order valence-electron chi connectivity index (χ3n) is 5.10. The molecule has 0 atom stereocenters. The fourth-order valence-corrected chi connectivity index (χ4v) is 3.72. The van der Waals surface area contributed by atoms with Crippen molar-refractivity contribution >= 4 is 16.7 Å². The first kappa shape index (κ1) is 15.9. The molecule has 27 heavy (non-hydrogen) atoms. The number of rotatable bonds is 3. The number of aryl methyl sites for hydroxylation is 1. The third kappa shape index (κ3) is 2.93. The maximum atomic E-state index is 4.56. The Labute approximate surface area is 157 Å². The molecule has 0 saturated heterocycles. The average Bonchev–Trinajstić information content (AvgIpc) is 3.10. The molecule has 0 aliphatic carbocycles. The zero-order valence-electron chi connectivity index (χ0n) is 15.2. The molecule has 0 saturated carbocycles. The summed E-state index contributed by atoms with van der Waals surface area (Å²) in [5, 5.41) is 10.0. The van der Waals surface area contributed by atoms with Gasteiger partial charge in [-0.25, -0.2) is 9.97 Å². The Kier molecular flexibility index (Phi) is 3.81. The molecule has 4 heterocycles. The summed E-state index contributed by atoms with van der Waals surface area (Å²) in [5.74, 6) is 2.05. The Bertz CT molecular complexity index is 1100. The van der Waals surface area contributed by atoms with Gasteiger partial charge in [0.1, 0.15) is 5.82 Å². The molecule has 6 nitrogen and oxygen atoms in total. The molecule has 0 spiro atoms. The summed E-state index contributed by atoms with van der Waals surface area (Å²) in [6.45, 7) is 4.54. The number of benzene rings is 1. The van der Waals surface area contributed by atoms with Crippen LogP contribution in [-0.2, 0) is 19.5 Å². The van der Waals surface area contributed by atoms with Gasteiger partial charge in [-0.15, -0.1) is 10.2 Å². The highest BCUT2D eigenvalue weighted by Crippen LogP contribution is 2.28. The van der Waals surface area contributed by atoms with E-state index in [1.165, 1.54) is 5.56 Å². The molecule has 5 rings (SSSR count). The Morgan fingerprint density at radius 2 is 1.85 bits per heavy atom. The van der Waals surface area contributed by atoms with Crippen molar-refractivity contribution in [1.82, 2.24) is 24.7 Å². The van der Waals surface area contributed by atoms with Crippen molar-refractivity contribution < 1.29 is 0 Å². The predicted octanol–water partition coefficient (Wildman–Crippen LogP) is 3.14. The lowest BCUT2D eigenvalue weighted by molar-refractivity contribution is 0.547. The van der Waals surface area contributed by atoms with Crippen LogP contribution in [0.5, 0.6) is 0 Å². The minimum Gasteiger partial charge on any atom is -0.362 e. The van der Waals surface area contributed by atoms with Gasteiger partial charge in [-0.2, -0.15) is 0 Å². The van der Waals surface area contributed by atoms with Crippen molar-refractivity contribution in [2.24, 2.45) is 0 Å². The first-order valence-electron chi connectivity index (χ1n) is 9.20. The van der Waals surface area contributed by atoms with Crippen LogP contribution < -0.4 is 4.90 Å². The molecule has 4 aromatic rings. The summed E-state index contributed by atoms with van der Waals surface area (Å²) in [6, 6.07) is 16.7. The monoisotopic (exact) mass is 356 g/mol. The van der Waals surface area contributed by atoms with Crippen LogP contribution in [0.25, 0.3) is 11.0 Å². The second-order valence-electron chi connectivity index (χ2n) is 6.92. The number of aromatic nitrogens is 5. The van der Waals surface area contributed by atoms with Crippen molar-refractivity contribution in [2.45, 2.75) is 26.4 Å². The van der Waals surface area contributed by atoms with Crippen molar-refractivity contribution in [2.75, 3.05) is 11.4 Å². The van der Waals surface area contributed by atoms with Gasteiger partial charge < -0.3 is 9.47 Å². The van der Waals surface area contributed by atoms with Crippen LogP contribution in [0.1, 0.15) is 22.9 Å². The molecule has 6 heteroatoms. The molecular weight excluding hydrogens is 336 g/mol. The van der Waals surface area contributed by atoms with Gasteiger partial charge in [0.05, 0.1) is 6.54 Å². The van der Waals surface area contributed by atoms with E-state index in [0.29, 0.717) is 0 Å². The van der Waals surface area contributed by atoms with Crippen molar-refractivity contribution in [3.63, 3.8) is 0 Å². The number of fused-ring (bicyclic) bond motifs is 2. The molecule has 0 unspecified atom stereocenters. The first-order chi connectivity index (χ1) is 13.3. The Morgan fingerprint density at radius 3 is 2.74 bits per heavy atom. The highest BCUT2D eigenvalue weighted by Gasteiger charge is 2.22. The van der Waals surface area contributed by atoms with Crippen LogP contribution in [0, 0.1) is 6.92 Å². The summed E-state index contributed by atoms with van der Waals surface area (Å²) < 4.78 is 2.26. The van der Waals surface area contributed by atoms with Crippen molar-refractivity contribution in [3.8, 4) is 0 Å². The van der Waals surface area contributed by atoms with Gasteiger partial charge in [0, 0.05) is 42.5 Å². The normalized spacial score (nSPS) is 13.7. The molecule has 0 bridgehead atoms. The molecule has 0 N–H and O–H groups in total. The van der Waals surface area contributed by atoms with Gasteiger partial charge >= 0.3 is 0 Å². The average molecular weight is 356 g/mol. The van der Waals surface area contributed by atoms with Crippen LogP contribution in [-0.4, -0.2) is 31.3 Å². The van der Waals surface area contributed by atoms with E-state index in [0.717, 1.165) is 60.1 Å². The second-order valence-corrected chi connectivity index (χ2v) is 6.92. The van der Waals surface area contributed by atoms with Crippen LogP contribution in [0.4, 0.5) is 5.69 Å². The first-order valence-corrected chi connectivity index (χ1v) is 9.20. The lowest BCUT2D eigenvalue weighted by atomic mass is 10.1. The van der Waals surface area contributed by atoms with E-state index >= 15 is 0 Å². The molecule has 0 radical (unpaired) electrons. The minimum absolute atomic E-state index is 0.745. The van der Waals surface area contributed by atoms with E-state index in [9.17, 15) is 0 Å². The smallest absolute Gasteiger partial charge is 0.161 e. The highest BCUT2D eigenvalue weighted by atomic mass is 15.3. The second kappa shape index (κ2) is 6.46. The number of pyridine rings is 2. The highest BCUT2D eigenvalue weighted by molar-refractivity contribution is 5.89. The Hall–Kier alpha value is -3.28. The quantitative estimate of drug-likeness (QED) is 0.564. The van der Waals surface area contributed by atoms with Crippen LogP contribution in [0.15, 0.2) is 54.7 Å². The van der Waals surface area contributed by atoms with E-state index in [-0.39, 0.29) is 0 Å². The molecule has 3 aromatic heterocycles. The summed E-state index contributed by atoms with van der Waals surface area (Å²) in [5.41, 5.74) is 4.20. The van der Waals surface area contributed by atoms with Crippen molar-refractivity contribution in [3.05, 3.63) is 77.6 Å². The van der Waals surface area contributed by atoms with Gasteiger partial charge in [-0.05, 0) is 30.7 Å². The fourth-order valence-electron chi connectivity index (χ4n) is 3.72. The van der Waals surface area contributed by atoms with Gasteiger partial charge in [-0.3, -0.25) is 0 Å². The largest absolute Gasteiger partial charge is 0.362 e. The maximum Gasteiger partial charge on any atom is 0.161 e. The van der Waals surface area contributed by atoms with Crippen molar-refractivity contribution in [1.29, 1.82) is 0 Å². The summed E-state index contributed by atoms with van der Waals surface area (Å²) in [6.07, 6.45) is 2.65. The zero-order valence-corrected chi connectivity index (χ0v) is 15.2. The van der Waals surface area contributed by atoms with Gasteiger partial charge in [0.2, 0.25) is 0 Å². The fraction of sp³-hybridized carbons (Fsp3) is 0.238. The molecule has 1 aromatic carbocycles. The Balaban J connectivity index is 1.44. The van der Waals surface area contributed by atoms with E-state index in [1.807, 2.05) is 25.3 Å². The SMILES string of the molecule is Cc1ccc2c(N3CCn4c(Cc5ccccc5)nnc4C3)ccnc2n1. The summed E-state index contributed by atoms with van der Waals surface area (Å²) in [4.78, 5) is 11.3. The lowest BCUT2D eigenvalue weighted by Gasteiger charge is -2.30. The number of hydrogen-bond donors (Lipinski definition) is 0. The van der Waals surface area contributed by atoms with Gasteiger partial charge in [-0.1, -0.05) is 30.3 Å². The van der Waals surface area contributed by atoms with E-state index in [1.54, 1.807) is 0 Å². The topological polar surface area (TPSA) is 59.7 Å². The van der Waals surface area contributed by atoms with Crippen LogP contribution in [0.2, 0.25) is 0 Å². The summed E-state index contributed by atoms with van der Waals surface area (Å²) in [7, 11) is 0. The molecule has 1 aliphatic heterocycles. The maximum absolute atomic E-state index is 4.56. The van der Waals surface area contributed by atoms with E-state index in [4.69, 9.17) is 0 Å². The molecular formula is C21H20N6. The number of hydrogen-bond acceptors (Lipinski definition) is 5. The molecule has 134 valence electrons. The minimum atomic E-state index is 0.745. The third-order valence-corrected chi connectivity index (χ3v) is 5.10. The molecule has 0 fully saturated rings. The number of anilines is 1. The predicted molar refractivity (Wildman–Crippen MR) is 105 cm³/mol. The van der Waals surface area contributed by atoms with E-state index in [2.05, 4.69) is 66.0 Å². The molecule has 1 aliphatic rings. The van der Waals surface area contributed by atoms with Gasteiger partial charge in [0.25, 0.3) is 0 Å². The van der Waals surface area contributed by atoms with Gasteiger partial charge in [0.15, 0.2) is 11.5 Å². The van der Waals surface area contributed by atoms with Crippen LogP contribution >= 0.6 is 0 Å².